The molecule has 1 fully saturated rings. The Morgan fingerprint density at radius 3 is 3.06 bits per heavy atom. The standard InChI is InChI=1S/C11H12ClN3S/c1-11(3-4-11)6-13-8-7-2-5-16-9(7)15-10(12)14-8/h2,5H,3-4,6H2,1H3,(H,13,14,15). The second-order valence-electron chi connectivity index (χ2n) is 4.64. The van der Waals surface area contributed by atoms with Gasteiger partial charge in [-0.1, -0.05) is 6.92 Å². The number of nitrogens with zero attached hydrogens (tertiary/aromatic N) is 2. The number of anilines is 1. The smallest absolute Gasteiger partial charge is 0.225 e. The molecule has 1 saturated carbocycles. The van der Waals surface area contributed by atoms with Crippen molar-refractivity contribution in [3.8, 4) is 0 Å². The highest BCUT2D eigenvalue weighted by atomic mass is 35.5. The molecular formula is C11H12ClN3S. The van der Waals surface area contributed by atoms with Gasteiger partial charge in [-0.15, -0.1) is 11.3 Å². The Balaban J connectivity index is 1.92. The number of hydrogen-bond acceptors (Lipinski definition) is 4. The van der Waals surface area contributed by atoms with Crippen LogP contribution in [0.15, 0.2) is 11.4 Å². The molecule has 0 aliphatic heterocycles. The predicted octanol–water partition coefficient (Wildman–Crippen LogP) is 3.56. The summed E-state index contributed by atoms with van der Waals surface area (Å²) in [5.41, 5.74) is 0.458. The third-order valence-corrected chi connectivity index (χ3v) is 4.06. The van der Waals surface area contributed by atoms with Crippen molar-refractivity contribution in [2.75, 3.05) is 11.9 Å². The van der Waals surface area contributed by atoms with Crippen molar-refractivity contribution < 1.29 is 0 Å². The van der Waals surface area contributed by atoms with Crippen LogP contribution in [0.5, 0.6) is 0 Å². The van der Waals surface area contributed by atoms with Gasteiger partial charge in [0.25, 0.3) is 0 Å². The third-order valence-electron chi connectivity index (χ3n) is 3.08. The van der Waals surface area contributed by atoms with Gasteiger partial charge in [0, 0.05) is 6.54 Å². The van der Waals surface area contributed by atoms with Crippen LogP contribution in [0, 0.1) is 5.41 Å². The van der Waals surface area contributed by atoms with Crippen LogP contribution in [0.4, 0.5) is 5.82 Å². The van der Waals surface area contributed by atoms with Crippen LogP contribution < -0.4 is 5.32 Å². The molecule has 84 valence electrons. The average molecular weight is 254 g/mol. The van der Waals surface area contributed by atoms with Crippen molar-refractivity contribution in [2.45, 2.75) is 19.8 Å². The molecule has 0 saturated heterocycles. The van der Waals surface area contributed by atoms with Crippen molar-refractivity contribution in [3.63, 3.8) is 0 Å². The summed E-state index contributed by atoms with van der Waals surface area (Å²) in [6.45, 7) is 3.25. The van der Waals surface area contributed by atoms with Gasteiger partial charge in [0.1, 0.15) is 10.6 Å². The first kappa shape index (κ1) is 10.3. The average Bonchev–Trinajstić information content (AvgIpc) is 2.79. The molecular weight excluding hydrogens is 242 g/mol. The molecule has 0 amide bonds. The molecule has 0 atom stereocenters. The minimum atomic E-state index is 0.318. The molecule has 16 heavy (non-hydrogen) atoms. The Bertz CT molecular complexity index is 533. The molecule has 0 spiro atoms. The molecule has 1 aliphatic carbocycles. The summed E-state index contributed by atoms with van der Waals surface area (Å²) in [7, 11) is 0. The summed E-state index contributed by atoms with van der Waals surface area (Å²) < 4.78 is 0. The van der Waals surface area contributed by atoms with E-state index in [4.69, 9.17) is 11.6 Å². The van der Waals surface area contributed by atoms with E-state index >= 15 is 0 Å². The summed E-state index contributed by atoms with van der Waals surface area (Å²) in [5.74, 6) is 0.865. The summed E-state index contributed by atoms with van der Waals surface area (Å²) in [4.78, 5) is 9.39. The van der Waals surface area contributed by atoms with Crippen LogP contribution in [0.1, 0.15) is 19.8 Å². The summed E-state index contributed by atoms with van der Waals surface area (Å²) in [6.07, 6.45) is 2.59. The van der Waals surface area contributed by atoms with Crippen molar-refractivity contribution in [1.82, 2.24) is 9.97 Å². The molecule has 2 heterocycles. The Hall–Kier alpha value is -0.870. The van der Waals surface area contributed by atoms with Crippen LogP contribution in [-0.2, 0) is 0 Å². The lowest BCUT2D eigenvalue weighted by Gasteiger charge is -2.11. The maximum atomic E-state index is 5.89. The van der Waals surface area contributed by atoms with Crippen LogP contribution in [0.3, 0.4) is 0 Å². The van der Waals surface area contributed by atoms with Crippen LogP contribution in [0.2, 0.25) is 5.28 Å². The van der Waals surface area contributed by atoms with Crippen LogP contribution in [0.25, 0.3) is 10.2 Å². The molecule has 0 unspecified atom stereocenters. The van der Waals surface area contributed by atoms with E-state index in [1.165, 1.54) is 12.8 Å². The second kappa shape index (κ2) is 3.57. The highest BCUT2D eigenvalue weighted by Crippen LogP contribution is 2.45. The van der Waals surface area contributed by atoms with Crippen molar-refractivity contribution in [1.29, 1.82) is 0 Å². The molecule has 1 aliphatic rings. The molecule has 0 radical (unpaired) electrons. The van der Waals surface area contributed by atoms with Gasteiger partial charge >= 0.3 is 0 Å². The van der Waals surface area contributed by atoms with Crippen molar-refractivity contribution >= 4 is 39.0 Å². The molecule has 1 N–H and O–H groups in total. The van der Waals surface area contributed by atoms with Crippen LogP contribution in [-0.4, -0.2) is 16.5 Å². The molecule has 3 nitrogen and oxygen atoms in total. The van der Waals surface area contributed by atoms with Crippen LogP contribution >= 0.6 is 22.9 Å². The Labute approximate surface area is 103 Å². The maximum Gasteiger partial charge on any atom is 0.225 e. The highest BCUT2D eigenvalue weighted by molar-refractivity contribution is 7.16. The fourth-order valence-corrected chi connectivity index (χ4v) is 2.63. The number of fused-ring (bicyclic) bond motifs is 1. The van der Waals surface area contributed by atoms with Crippen molar-refractivity contribution in [2.24, 2.45) is 5.41 Å². The normalized spacial score (nSPS) is 17.6. The van der Waals surface area contributed by atoms with E-state index in [1.54, 1.807) is 11.3 Å². The number of hydrogen-bond donors (Lipinski definition) is 1. The van der Waals surface area contributed by atoms with Gasteiger partial charge in [0.05, 0.1) is 5.39 Å². The Morgan fingerprint density at radius 2 is 2.31 bits per heavy atom. The summed E-state index contributed by atoms with van der Waals surface area (Å²) in [5, 5.41) is 6.79. The Kier molecular flexibility index (Phi) is 2.30. The quantitative estimate of drug-likeness (QED) is 0.850. The van der Waals surface area contributed by atoms with Crippen molar-refractivity contribution in [3.05, 3.63) is 16.7 Å². The molecule has 5 heteroatoms. The van der Waals surface area contributed by atoms with E-state index in [9.17, 15) is 0 Å². The number of nitrogens with one attached hydrogen (secondary N) is 1. The first-order chi connectivity index (χ1) is 7.66. The van der Waals surface area contributed by atoms with Gasteiger partial charge < -0.3 is 5.32 Å². The van der Waals surface area contributed by atoms with Gasteiger partial charge in [0.15, 0.2) is 0 Å². The lowest BCUT2D eigenvalue weighted by molar-refractivity contribution is 0.610. The molecule has 2 aromatic rings. The number of aromatic nitrogens is 2. The number of rotatable bonds is 3. The first-order valence-electron chi connectivity index (χ1n) is 5.31. The molecule has 0 aromatic carbocycles. The van der Waals surface area contributed by atoms with Gasteiger partial charge in [0.2, 0.25) is 5.28 Å². The third kappa shape index (κ3) is 1.87. The lowest BCUT2D eigenvalue weighted by atomic mass is 10.1. The second-order valence-corrected chi connectivity index (χ2v) is 5.88. The van der Waals surface area contributed by atoms with E-state index < -0.39 is 0 Å². The molecule has 2 aromatic heterocycles. The minimum absolute atomic E-state index is 0.318. The highest BCUT2D eigenvalue weighted by Gasteiger charge is 2.36. The van der Waals surface area contributed by atoms with Gasteiger partial charge in [-0.25, -0.2) is 9.97 Å². The number of thiophene rings is 1. The van der Waals surface area contributed by atoms with Gasteiger partial charge in [-0.3, -0.25) is 0 Å². The molecule has 3 rings (SSSR count). The monoisotopic (exact) mass is 253 g/mol. The predicted molar refractivity (Wildman–Crippen MR) is 68.3 cm³/mol. The summed E-state index contributed by atoms with van der Waals surface area (Å²) in [6, 6.07) is 2.04. The summed E-state index contributed by atoms with van der Waals surface area (Å²) >= 11 is 7.48. The largest absolute Gasteiger partial charge is 0.369 e. The van der Waals surface area contributed by atoms with Gasteiger partial charge in [-0.05, 0) is 41.3 Å². The fraction of sp³-hybridized carbons (Fsp3) is 0.455. The number of halogens is 1. The topological polar surface area (TPSA) is 37.8 Å². The van der Waals surface area contributed by atoms with E-state index in [-0.39, 0.29) is 0 Å². The van der Waals surface area contributed by atoms with E-state index in [2.05, 4.69) is 22.2 Å². The maximum absolute atomic E-state index is 5.89. The van der Waals surface area contributed by atoms with Gasteiger partial charge in [-0.2, -0.15) is 0 Å². The Morgan fingerprint density at radius 1 is 1.50 bits per heavy atom. The van der Waals surface area contributed by atoms with E-state index in [1.807, 2.05) is 11.4 Å². The zero-order valence-electron chi connectivity index (χ0n) is 8.96. The van der Waals surface area contributed by atoms with E-state index in [0.29, 0.717) is 10.7 Å². The SMILES string of the molecule is CC1(CNc2nc(Cl)nc3sccc23)CC1. The zero-order valence-corrected chi connectivity index (χ0v) is 10.5. The fourth-order valence-electron chi connectivity index (χ4n) is 1.65. The lowest BCUT2D eigenvalue weighted by Crippen LogP contribution is -2.13. The first-order valence-corrected chi connectivity index (χ1v) is 6.57. The zero-order chi connectivity index (χ0) is 11.2. The molecule has 0 bridgehead atoms. The van der Waals surface area contributed by atoms with E-state index in [0.717, 1.165) is 22.6 Å². The minimum Gasteiger partial charge on any atom is -0.369 e.